The highest BCUT2D eigenvalue weighted by molar-refractivity contribution is 4.82. The maximum atomic E-state index is 9.28. The molecule has 1 rings (SSSR count). The Hall–Kier alpha value is -0.160. The minimum atomic E-state index is -0.563. The second-order valence-corrected chi connectivity index (χ2v) is 5.88. The van der Waals surface area contributed by atoms with Crippen LogP contribution in [0.1, 0.15) is 47.5 Å². The largest absolute Gasteiger partial charge is 0.391 e. The summed E-state index contributed by atoms with van der Waals surface area (Å²) in [6, 6.07) is 0. The summed E-state index contributed by atoms with van der Waals surface area (Å²) < 4.78 is 17.1. The van der Waals surface area contributed by atoms with Gasteiger partial charge in [0.05, 0.1) is 30.5 Å². The molecule has 0 amide bonds. The molecule has 0 aromatic heterocycles. The summed E-state index contributed by atoms with van der Waals surface area (Å²) in [5.74, 6) is 0. The molecule has 17 heavy (non-hydrogen) atoms. The van der Waals surface area contributed by atoms with Crippen LogP contribution < -0.4 is 0 Å². The lowest BCUT2D eigenvalue weighted by Crippen LogP contribution is -2.36. The number of aliphatic hydroxyl groups excluding tert-OH is 1. The molecule has 1 N–H and O–H groups in total. The van der Waals surface area contributed by atoms with Crippen molar-refractivity contribution in [3.63, 3.8) is 0 Å². The zero-order valence-electron chi connectivity index (χ0n) is 11.7. The molecular weight excluding hydrogens is 220 g/mol. The Morgan fingerprint density at radius 2 is 2.12 bits per heavy atom. The maximum Gasteiger partial charge on any atom is 0.181 e. The number of aliphatic hydroxyl groups is 1. The topological polar surface area (TPSA) is 47.9 Å². The van der Waals surface area contributed by atoms with Crippen molar-refractivity contribution >= 4 is 0 Å². The summed E-state index contributed by atoms with van der Waals surface area (Å²) in [6.07, 6.45) is 1.15. The van der Waals surface area contributed by atoms with Crippen LogP contribution in [0.25, 0.3) is 0 Å². The summed E-state index contributed by atoms with van der Waals surface area (Å²) in [7, 11) is 0. The van der Waals surface area contributed by atoms with E-state index < -0.39 is 6.29 Å². The molecule has 1 heterocycles. The third-order valence-electron chi connectivity index (χ3n) is 3.17. The first-order chi connectivity index (χ1) is 7.78. The minimum absolute atomic E-state index is 0.00908. The van der Waals surface area contributed by atoms with Crippen molar-refractivity contribution in [1.29, 1.82) is 0 Å². The monoisotopic (exact) mass is 246 g/mol. The van der Waals surface area contributed by atoms with Gasteiger partial charge in [-0.25, -0.2) is 0 Å². The number of hydrogen-bond acceptors (Lipinski definition) is 4. The van der Waals surface area contributed by atoms with Crippen LogP contribution in [0.15, 0.2) is 0 Å². The third kappa shape index (κ3) is 4.92. The highest BCUT2D eigenvalue weighted by atomic mass is 16.7. The molecule has 0 bridgehead atoms. The van der Waals surface area contributed by atoms with E-state index in [1.54, 1.807) is 0 Å². The Morgan fingerprint density at radius 1 is 1.47 bits per heavy atom. The van der Waals surface area contributed by atoms with Gasteiger partial charge in [-0.15, -0.1) is 0 Å². The van der Waals surface area contributed by atoms with Crippen molar-refractivity contribution in [3.8, 4) is 0 Å². The molecule has 1 fully saturated rings. The smallest absolute Gasteiger partial charge is 0.181 e. The van der Waals surface area contributed by atoms with E-state index in [-0.39, 0.29) is 23.9 Å². The lowest BCUT2D eigenvalue weighted by Gasteiger charge is -2.30. The Bertz CT molecular complexity index is 238. The van der Waals surface area contributed by atoms with Gasteiger partial charge in [0, 0.05) is 6.42 Å². The quantitative estimate of drug-likeness (QED) is 0.729. The van der Waals surface area contributed by atoms with Gasteiger partial charge in [-0.05, 0) is 34.1 Å². The summed E-state index contributed by atoms with van der Waals surface area (Å²) in [6.45, 7) is 10.6. The Balaban J connectivity index is 2.43. The van der Waals surface area contributed by atoms with E-state index in [0.29, 0.717) is 6.61 Å². The van der Waals surface area contributed by atoms with Gasteiger partial charge in [-0.2, -0.15) is 0 Å². The van der Waals surface area contributed by atoms with E-state index in [4.69, 9.17) is 14.2 Å². The molecule has 0 radical (unpaired) electrons. The highest BCUT2D eigenvalue weighted by Gasteiger charge is 2.35. The molecule has 2 atom stereocenters. The van der Waals surface area contributed by atoms with Gasteiger partial charge in [-0.3, -0.25) is 0 Å². The van der Waals surface area contributed by atoms with Crippen molar-refractivity contribution in [2.24, 2.45) is 0 Å². The van der Waals surface area contributed by atoms with Crippen molar-refractivity contribution < 1.29 is 19.3 Å². The first-order valence-corrected chi connectivity index (χ1v) is 6.36. The molecule has 0 spiro atoms. The van der Waals surface area contributed by atoms with Gasteiger partial charge in [0.2, 0.25) is 0 Å². The molecule has 0 aromatic carbocycles. The van der Waals surface area contributed by atoms with Gasteiger partial charge < -0.3 is 19.3 Å². The van der Waals surface area contributed by atoms with Crippen LogP contribution >= 0.6 is 0 Å². The van der Waals surface area contributed by atoms with Crippen molar-refractivity contribution in [3.05, 3.63) is 0 Å². The molecule has 0 aliphatic carbocycles. The fourth-order valence-electron chi connectivity index (χ4n) is 1.83. The highest BCUT2D eigenvalue weighted by Crippen LogP contribution is 2.28. The summed E-state index contributed by atoms with van der Waals surface area (Å²) in [4.78, 5) is 0. The fourth-order valence-corrected chi connectivity index (χ4v) is 1.83. The number of rotatable bonds is 6. The standard InChI is InChI=1S/C13H26O4/c1-6-12(2,3)17-11(8-14)16-10-7-13(4,5)15-9-10/h10-11,14H,6-9H2,1-5H3. The Kier molecular flexibility index (Phi) is 4.95. The zero-order valence-corrected chi connectivity index (χ0v) is 11.7. The van der Waals surface area contributed by atoms with Gasteiger partial charge in [-0.1, -0.05) is 6.92 Å². The predicted molar refractivity (Wildman–Crippen MR) is 65.8 cm³/mol. The third-order valence-corrected chi connectivity index (χ3v) is 3.17. The van der Waals surface area contributed by atoms with E-state index in [0.717, 1.165) is 12.8 Å². The molecular formula is C13H26O4. The van der Waals surface area contributed by atoms with Crippen LogP contribution in [0, 0.1) is 0 Å². The van der Waals surface area contributed by atoms with Crippen LogP contribution in [0.5, 0.6) is 0 Å². The zero-order chi connectivity index (χ0) is 13.1. The fraction of sp³-hybridized carbons (Fsp3) is 1.00. The Labute approximate surface area is 104 Å². The maximum absolute atomic E-state index is 9.28. The van der Waals surface area contributed by atoms with Gasteiger partial charge in [0.15, 0.2) is 6.29 Å². The first kappa shape index (κ1) is 14.9. The molecule has 1 saturated heterocycles. The first-order valence-electron chi connectivity index (χ1n) is 6.36. The van der Waals surface area contributed by atoms with Crippen molar-refractivity contribution in [2.75, 3.05) is 13.2 Å². The van der Waals surface area contributed by atoms with Crippen molar-refractivity contribution in [2.45, 2.75) is 71.1 Å². The van der Waals surface area contributed by atoms with Gasteiger partial charge in [0.1, 0.15) is 0 Å². The number of hydrogen-bond donors (Lipinski definition) is 1. The second-order valence-electron chi connectivity index (χ2n) is 5.88. The molecule has 1 aliphatic heterocycles. The Morgan fingerprint density at radius 3 is 2.53 bits per heavy atom. The summed E-state index contributed by atoms with van der Waals surface area (Å²) >= 11 is 0. The lowest BCUT2D eigenvalue weighted by atomic mass is 10.0. The number of ether oxygens (including phenoxy) is 3. The lowest BCUT2D eigenvalue weighted by molar-refractivity contribution is -0.233. The van der Waals surface area contributed by atoms with Crippen LogP contribution in [-0.2, 0) is 14.2 Å². The van der Waals surface area contributed by atoms with Crippen LogP contribution in [0.2, 0.25) is 0 Å². The van der Waals surface area contributed by atoms with E-state index in [2.05, 4.69) is 6.92 Å². The van der Waals surface area contributed by atoms with Crippen LogP contribution in [-0.4, -0.2) is 41.9 Å². The molecule has 2 unspecified atom stereocenters. The molecule has 4 heteroatoms. The van der Waals surface area contributed by atoms with Gasteiger partial charge >= 0.3 is 0 Å². The van der Waals surface area contributed by atoms with E-state index in [1.165, 1.54) is 0 Å². The summed E-state index contributed by atoms with van der Waals surface area (Å²) in [5.41, 5.74) is -0.409. The molecule has 1 aliphatic rings. The van der Waals surface area contributed by atoms with Gasteiger partial charge in [0.25, 0.3) is 0 Å². The second kappa shape index (κ2) is 5.65. The minimum Gasteiger partial charge on any atom is -0.391 e. The molecule has 4 nitrogen and oxygen atoms in total. The average molecular weight is 246 g/mol. The molecule has 0 aromatic rings. The average Bonchev–Trinajstić information content (AvgIpc) is 2.57. The SMILES string of the molecule is CCC(C)(C)OC(CO)OC1COC(C)(C)C1. The van der Waals surface area contributed by atoms with Crippen molar-refractivity contribution in [1.82, 2.24) is 0 Å². The van der Waals surface area contributed by atoms with Crippen LogP contribution in [0.4, 0.5) is 0 Å². The molecule has 102 valence electrons. The normalized spacial score (nSPS) is 26.1. The van der Waals surface area contributed by atoms with Crippen LogP contribution in [0.3, 0.4) is 0 Å². The van der Waals surface area contributed by atoms with E-state index in [9.17, 15) is 5.11 Å². The van der Waals surface area contributed by atoms with E-state index >= 15 is 0 Å². The molecule has 0 saturated carbocycles. The summed E-state index contributed by atoms with van der Waals surface area (Å²) in [5, 5.41) is 9.28. The van der Waals surface area contributed by atoms with E-state index in [1.807, 2.05) is 27.7 Å². The predicted octanol–water partition coefficient (Wildman–Crippen LogP) is 2.09.